The molecule has 0 fully saturated rings. The lowest BCUT2D eigenvalue weighted by atomic mass is 10.2. The number of amides is 1. The van der Waals surface area contributed by atoms with Crippen LogP contribution in [-0.4, -0.2) is 30.1 Å². The van der Waals surface area contributed by atoms with Crippen LogP contribution in [0.3, 0.4) is 0 Å². The molecule has 22 heavy (non-hydrogen) atoms. The Kier molecular flexibility index (Phi) is 7.05. The third-order valence-corrected chi connectivity index (χ3v) is 2.92. The summed E-state index contributed by atoms with van der Waals surface area (Å²) < 4.78 is 4.74. The Balaban J connectivity index is 2.95. The van der Waals surface area contributed by atoms with E-state index in [2.05, 4.69) is 13.2 Å². The van der Waals surface area contributed by atoms with E-state index in [-0.39, 0.29) is 18.6 Å². The summed E-state index contributed by atoms with van der Waals surface area (Å²) in [6, 6.07) is 8.45. The van der Waals surface area contributed by atoms with E-state index in [4.69, 9.17) is 9.57 Å². The van der Waals surface area contributed by atoms with Gasteiger partial charge in [-0.25, -0.2) is 9.86 Å². The highest BCUT2D eigenvalue weighted by atomic mass is 16.7. The summed E-state index contributed by atoms with van der Waals surface area (Å²) in [6.45, 7) is 8.92. The average molecular weight is 303 g/mol. The number of nitrogens with zero attached hydrogens (tertiary/aromatic N) is 1. The highest BCUT2D eigenvalue weighted by Gasteiger charge is 2.31. The first-order valence-electron chi connectivity index (χ1n) is 6.85. The van der Waals surface area contributed by atoms with E-state index in [0.717, 1.165) is 10.6 Å². The Bertz CT molecular complexity index is 539. The van der Waals surface area contributed by atoms with Gasteiger partial charge in [-0.15, -0.1) is 6.58 Å². The minimum atomic E-state index is -0.893. The minimum Gasteiger partial charge on any atom is -0.467 e. The van der Waals surface area contributed by atoms with Crippen LogP contribution in [0.2, 0.25) is 0 Å². The first-order valence-corrected chi connectivity index (χ1v) is 6.85. The first-order chi connectivity index (χ1) is 10.5. The lowest BCUT2D eigenvalue weighted by Gasteiger charge is -2.28. The zero-order valence-electron chi connectivity index (χ0n) is 13.0. The molecular weight excluding hydrogens is 282 g/mol. The van der Waals surface area contributed by atoms with Gasteiger partial charge in [-0.3, -0.25) is 9.63 Å². The number of hydrogen-bond donors (Lipinski definition) is 0. The number of benzene rings is 1. The molecule has 0 saturated heterocycles. The summed E-state index contributed by atoms with van der Waals surface area (Å²) in [5, 5.41) is 1.02. The summed E-state index contributed by atoms with van der Waals surface area (Å²) in [5.41, 5.74) is 1.15. The van der Waals surface area contributed by atoms with Crippen LogP contribution in [0, 0.1) is 0 Å². The van der Waals surface area contributed by atoms with Gasteiger partial charge in [0.2, 0.25) is 0 Å². The average Bonchev–Trinajstić information content (AvgIpc) is 2.53. The van der Waals surface area contributed by atoms with E-state index in [1.54, 1.807) is 6.92 Å². The summed E-state index contributed by atoms with van der Waals surface area (Å²) in [4.78, 5) is 29.7. The Labute approximate surface area is 130 Å². The Morgan fingerprint density at radius 1 is 1.32 bits per heavy atom. The summed E-state index contributed by atoms with van der Waals surface area (Å²) >= 11 is 0. The first kappa shape index (κ1) is 17.7. The fourth-order valence-electron chi connectivity index (χ4n) is 1.78. The number of rotatable bonds is 8. The van der Waals surface area contributed by atoms with Crippen LogP contribution in [0.5, 0.6) is 0 Å². The number of hydrogen-bond acceptors (Lipinski definition) is 4. The molecular formula is C17H21NO4. The molecule has 1 amide bonds. The van der Waals surface area contributed by atoms with E-state index < -0.39 is 17.9 Å². The van der Waals surface area contributed by atoms with Crippen molar-refractivity contribution in [1.82, 2.24) is 5.06 Å². The van der Waals surface area contributed by atoms with Crippen molar-refractivity contribution in [1.29, 1.82) is 0 Å². The molecule has 5 nitrogen and oxygen atoms in total. The minimum absolute atomic E-state index is 0.157. The standard InChI is InChI=1S/C17H21NO4/c1-5-9-15(17(20)21-4)18(16(19)13(2)3)22-12-14-10-7-6-8-11-14/h5-8,10-11,15H,1-2,9,12H2,3-4H3. The third-order valence-electron chi connectivity index (χ3n) is 2.92. The molecule has 0 aliphatic rings. The molecule has 118 valence electrons. The Morgan fingerprint density at radius 3 is 2.45 bits per heavy atom. The molecule has 0 aliphatic heterocycles. The summed E-state index contributed by atoms with van der Waals surface area (Å²) in [7, 11) is 1.26. The van der Waals surface area contributed by atoms with Crippen molar-refractivity contribution in [3.63, 3.8) is 0 Å². The molecule has 0 spiro atoms. The van der Waals surface area contributed by atoms with E-state index in [9.17, 15) is 9.59 Å². The van der Waals surface area contributed by atoms with Crippen LogP contribution in [0.25, 0.3) is 0 Å². The van der Waals surface area contributed by atoms with E-state index in [1.807, 2.05) is 30.3 Å². The van der Waals surface area contributed by atoms with Crippen LogP contribution in [0.15, 0.2) is 55.1 Å². The van der Waals surface area contributed by atoms with Crippen molar-refractivity contribution in [3.8, 4) is 0 Å². The van der Waals surface area contributed by atoms with Crippen molar-refractivity contribution >= 4 is 11.9 Å². The van der Waals surface area contributed by atoms with Crippen molar-refractivity contribution in [2.75, 3.05) is 7.11 Å². The van der Waals surface area contributed by atoms with Crippen LogP contribution >= 0.6 is 0 Å². The molecule has 1 aromatic rings. The van der Waals surface area contributed by atoms with Crippen LogP contribution in [0.4, 0.5) is 0 Å². The normalized spacial score (nSPS) is 11.4. The van der Waals surface area contributed by atoms with Crippen LogP contribution in [-0.2, 0) is 25.8 Å². The molecule has 0 bridgehead atoms. The smallest absolute Gasteiger partial charge is 0.331 e. The molecule has 1 rings (SSSR count). The zero-order chi connectivity index (χ0) is 16.5. The fraction of sp³-hybridized carbons (Fsp3) is 0.294. The molecule has 1 aromatic carbocycles. The van der Waals surface area contributed by atoms with Gasteiger partial charge in [0.05, 0.1) is 7.11 Å². The molecule has 0 aliphatic carbocycles. The summed E-state index contributed by atoms with van der Waals surface area (Å²) in [6.07, 6.45) is 1.76. The zero-order valence-corrected chi connectivity index (χ0v) is 13.0. The predicted molar refractivity (Wildman–Crippen MR) is 83.5 cm³/mol. The van der Waals surface area contributed by atoms with Gasteiger partial charge in [-0.05, 0) is 18.9 Å². The Hall–Kier alpha value is -2.40. The second kappa shape index (κ2) is 8.79. The van der Waals surface area contributed by atoms with Gasteiger partial charge in [-0.2, -0.15) is 0 Å². The van der Waals surface area contributed by atoms with Crippen molar-refractivity contribution < 1.29 is 19.2 Å². The highest BCUT2D eigenvalue weighted by Crippen LogP contribution is 2.14. The van der Waals surface area contributed by atoms with Crippen LogP contribution < -0.4 is 0 Å². The van der Waals surface area contributed by atoms with Crippen molar-refractivity contribution in [3.05, 3.63) is 60.7 Å². The molecule has 0 N–H and O–H groups in total. The molecule has 1 atom stereocenters. The second-order valence-electron chi connectivity index (χ2n) is 4.73. The number of carbonyl (C=O) groups is 2. The maximum Gasteiger partial charge on any atom is 0.331 e. The van der Waals surface area contributed by atoms with Gasteiger partial charge in [0, 0.05) is 5.57 Å². The lowest BCUT2D eigenvalue weighted by Crippen LogP contribution is -2.45. The third kappa shape index (κ3) is 4.86. The highest BCUT2D eigenvalue weighted by molar-refractivity contribution is 5.94. The molecule has 1 unspecified atom stereocenters. The van der Waals surface area contributed by atoms with Gasteiger partial charge < -0.3 is 4.74 Å². The molecule has 0 radical (unpaired) electrons. The maximum absolute atomic E-state index is 12.3. The van der Waals surface area contributed by atoms with E-state index >= 15 is 0 Å². The van der Waals surface area contributed by atoms with Gasteiger partial charge in [0.1, 0.15) is 6.61 Å². The van der Waals surface area contributed by atoms with Gasteiger partial charge in [0.15, 0.2) is 6.04 Å². The molecule has 5 heteroatoms. The van der Waals surface area contributed by atoms with Crippen LogP contribution in [0.1, 0.15) is 18.9 Å². The topological polar surface area (TPSA) is 55.8 Å². The predicted octanol–water partition coefficient (Wildman–Crippen LogP) is 2.64. The van der Waals surface area contributed by atoms with E-state index in [1.165, 1.54) is 13.2 Å². The second-order valence-corrected chi connectivity index (χ2v) is 4.73. The molecule has 0 heterocycles. The SMILES string of the molecule is C=CCC(C(=O)OC)N(OCc1ccccc1)C(=O)C(=C)C. The largest absolute Gasteiger partial charge is 0.467 e. The number of hydroxylamine groups is 2. The fourth-order valence-corrected chi connectivity index (χ4v) is 1.78. The van der Waals surface area contributed by atoms with Crippen molar-refractivity contribution in [2.24, 2.45) is 0 Å². The van der Waals surface area contributed by atoms with Crippen molar-refractivity contribution in [2.45, 2.75) is 26.0 Å². The number of esters is 1. The van der Waals surface area contributed by atoms with Gasteiger partial charge in [0.25, 0.3) is 5.91 Å². The van der Waals surface area contributed by atoms with E-state index in [0.29, 0.717) is 0 Å². The number of carbonyl (C=O) groups excluding carboxylic acids is 2. The summed E-state index contributed by atoms with van der Waals surface area (Å²) in [5.74, 6) is -1.03. The lowest BCUT2D eigenvalue weighted by molar-refractivity contribution is -0.209. The quantitative estimate of drug-likeness (QED) is 0.321. The number of ether oxygens (including phenoxy) is 1. The van der Waals surface area contributed by atoms with Gasteiger partial charge in [-0.1, -0.05) is 43.0 Å². The number of methoxy groups -OCH3 is 1. The Morgan fingerprint density at radius 2 is 1.95 bits per heavy atom. The maximum atomic E-state index is 12.3. The monoisotopic (exact) mass is 303 g/mol. The molecule has 0 aromatic heterocycles. The van der Waals surface area contributed by atoms with Gasteiger partial charge >= 0.3 is 5.97 Å². The molecule has 0 saturated carbocycles.